The van der Waals surface area contributed by atoms with E-state index in [1.165, 1.54) is 5.56 Å². The van der Waals surface area contributed by atoms with E-state index in [4.69, 9.17) is 15.7 Å². The van der Waals surface area contributed by atoms with Crippen LogP contribution in [0.25, 0.3) is 56.1 Å². The van der Waals surface area contributed by atoms with E-state index in [-0.39, 0.29) is 11.8 Å². The van der Waals surface area contributed by atoms with Crippen LogP contribution in [0.3, 0.4) is 0 Å². The SMILES string of the molecule is NC(=O)C1CCN(Cc2ccc(-c3nc4ccn5c(-c6cn7ccccc7n6)nnc5c4cc3-c3ccccc3)cc2)CC1. The molecular formula is C35H30N8O. The van der Waals surface area contributed by atoms with Crippen molar-refractivity contribution in [2.45, 2.75) is 19.4 Å². The molecule has 1 amide bonds. The minimum Gasteiger partial charge on any atom is -0.369 e. The van der Waals surface area contributed by atoms with Crippen LogP contribution in [0.5, 0.6) is 0 Å². The number of rotatable bonds is 6. The van der Waals surface area contributed by atoms with Crippen LogP contribution >= 0.6 is 0 Å². The van der Waals surface area contributed by atoms with Gasteiger partial charge >= 0.3 is 0 Å². The maximum absolute atomic E-state index is 11.5. The number of nitrogens with two attached hydrogens (primary N) is 1. The molecule has 0 saturated carbocycles. The van der Waals surface area contributed by atoms with E-state index in [2.05, 4.69) is 57.6 Å². The van der Waals surface area contributed by atoms with E-state index in [1.54, 1.807) is 0 Å². The van der Waals surface area contributed by atoms with Crippen LogP contribution < -0.4 is 5.73 Å². The van der Waals surface area contributed by atoms with Crippen molar-refractivity contribution in [1.29, 1.82) is 0 Å². The molecule has 7 aromatic rings. The Bertz CT molecular complexity index is 2110. The standard InChI is InChI=1S/C35H30N8O/c36-33(44)26-13-17-41(18-14-26)21-23-9-11-25(12-10-23)32-27(24-6-2-1-3-7-24)20-28-29(38-32)15-19-43-34(28)39-40-35(43)30-22-42-16-5-4-8-31(42)37-30/h1-12,15-16,19-20,22,26H,13-14,17-18,21H2,(H2,36,44). The summed E-state index contributed by atoms with van der Waals surface area (Å²) in [6, 6.07) is 29.1. The molecule has 1 aliphatic rings. The van der Waals surface area contributed by atoms with Gasteiger partial charge in [-0.3, -0.25) is 14.1 Å². The summed E-state index contributed by atoms with van der Waals surface area (Å²) < 4.78 is 3.97. The third-order valence-corrected chi connectivity index (χ3v) is 8.67. The number of fused-ring (bicyclic) bond motifs is 4. The number of carbonyl (C=O) groups excluding carboxylic acids is 1. The Kier molecular flexibility index (Phi) is 6.38. The van der Waals surface area contributed by atoms with Crippen molar-refractivity contribution in [1.82, 2.24) is 33.9 Å². The molecule has 0 spiro atoms. The minimum atomic E-state index is -0.178. The molecule has 2 N–H and O–H groups in total. The topological polar surface area (TPSA) is 107 Å². The quantitative estimate of drug-likeness (QED) is 0.274. The van der Waals surface area contributed by atoms with Crippen LogP contribution in [0.2, 0.25) is 0 Å². The molecular weight excluding hydrogens is 548 g/mol. The van der Waals surface area contributed by atoms with Crippen molar-refractivity contribution in [3.8, 4) is 33.9 Å². The second-order valence-corrected chi connectivity index (χ2v) is 11.5. The number of benzene rings is 2. The van der Waals surface area contributed by atoms with E-state index in [1.807, 2.05) is 69.9 Å². The number of piperidine rings is 1. The Morgan fingerprint density at radius 3 is 2.41 bits per heavy atom. The number of hydrogen-bond acceptors (Lipinski definition) is 6. The Balaban J connectivity index is 1.17. The highest BCUT2D eigenvalue weighted by atomic mass is 16.1. The van der Waals surface area contributed by atoms with E-state index in [0.29, 0.717) is 5.82 Å². The zero-order valence-electron chi connectivity index (χ0n) is 24.0. The van der Waals surface area contributed by atoms with Gasteiger partial charge in [0, 0.05) is 47.6 Å². The Morgan fingerprint density at radius 2 is 1.64 bits per heavy atom. The highest BCUT2D eigenvalue weighted by molar-refractivity contribution is 5.98. The number of pyridine rings is 3. The number of imidazole rings is 1. The van der Waals surface area contributed by atoms with Crippen LogP contribution in [0.4, 0.5) is 0 Å². The van der Waals surface area contributed by atoms with E-state index >= 15 is 0 Å². The first-order valence-electron chi connectivity index (χ1n) is 14.9. The highest BCUT2D eigenvalue weighted by Crippen LogP contribution is 2.35. The lowest BCUT2D eigenvalue weighted by Gasteiger charge is -2.30. The van der Waals surface area contributed by atoms with Gasteiger partial charge in [0.15, 0.2) is 11.5 Å². The molecule has 44 heavy (non-hydrogen) atoms. The van der Waals surface area contributed by atoms with E-state index < -0.39 is 0 Å². The van der Waals surface area contributed by atoms with Crippen LogP contribution in [0.15, 0.2) is 104 Å². The van der Waals surface area contributed by atoms with Gasteiger partial charge in [-0.1, -0.05) is 60.7 Å². The third-order valence-electron chi connectivity index (χ3n) is 8.67. The lowest BCUT2D eigenvalue weighted by Crippen LogP contribution is -2.38. The molecule has 8 rings (SSSR count). The molecule has 9 heteroatoms. The Labute approximate surface area is 253 Å². The van der Waals surface area contributed by atoms with Crippen molar-refractivity contribution in [3.05, 3.63) is 109 Å². The average molecular weight is 579 g/mol. The molecule has 0 unspecified atom stereocenters. The summed E-state index contributed by atoms with van der Waals surface area (Å²) in [5.41, 5.74) is 14.0. The van der Waals surface area contributed by atoms with Gasteiger partial charge < -0.3 is 10.1 Å². The molecule has 0 atom stereocenters. The molecule has 0 radical (unpaired) electrons. The van der Waals surface area contributed by atoms with Crippen molar-refractivity contribution >= 4 is 28.1 Å². The fourth-order valence-electron chi connectivity index (χ4n) is 6.27. The van der Waals surface area contributed by atoms with Crippen molar-refractivity contribution < 1.29 is 4.79 Å². The maximum Gasteiger partial charge on any atom is 0.220 e. The summed E-state index contributed by atoms with van der Waals surface area (Å²) in [6.07, 6.45) is 7.58. The first-order valence-corrected chi connectivity index (χ1v) is 14.9. The number of hydrogen-bond donors (Lipinski definition) is 1. The molecule has 1 saturated heterocycles. The van der Waals surface area contributed by atoms with Crippen LogP contribution in [0.1, 0.15) is 18.4 Å². The predicted octanol–water partition coefficient (Wildman–Crippen LogP) is 5.62. The molecule has 2 aromatic carbocycles. The van der Waals surface area contributed by atoms with Gasteiger partial charge in [0.25, 0.3) is 0 Å². The van der Waals surface area contributed by atoms with Gasteiger partial charge in [0.1, 0.15) is 11.3 Å². The molecule has 0 bridgehead atoms. The van der Waals surface area contributed by atoms with Crippen LogP contribution in [-0.2, 0) is 11.3 Å². The zero-order valence-corrected chi connectivity index (χ0v) is 24.0. The summed E-state index contributed by atoms with van der Waals surface area (Å²) in [4.78, 5) is 23.9. The van der Waals surface area contributed by atoms with Crippen molar-refractivity contribution in [2.24, 2.45) is 11.7 Å². The molecule has 6 heterocycles. The Morgan fingerprint density at radius 1 is 0.841 bits per heavy atom. The fraction of sp³-hybridized carbons (Fsp3) is 0.171. The number of carbonyl (C=O) groups is 1. The average Bonchev–Trinajstić information content (AvgIpc) is 3.70. The van der Waals surface area contributed by atoms with E-state index in [9.17, 15) is 4.79 Å². The minimum absolute atomic E-state index is 0.000491. The number of amides is 1. The maximum atomic E-state index is 11.5. The van der Waals surface area contributed by atoms with Crippen LogP contribution in [0, 0.1) is 5.92 Å². The largest absolute Gasteiger partial charge is 0.369 e. The lowest BCUT2D eigenvalue weighted by atomic mass is 9.95. The summed E-state index contributed by atoms with van der Waals surface area (Å²) in [6.45, 7) is 2.62. The smallest absolute Gasteiger partial charge is 0.220 e. The molecule has 216 valence electrons. The third kappa shape index (κ3) is 4.67. The first-order chi connectivity index (χ1) is 21.6. The summed E-state index contributed by atoms with van der Waals surface area (Å²) >= 11 is 0. The summed E-state index contributed by atoms with van der Waals surface area (Å²) in [5, 5.41) is 10.1. The van der Waals surface area contributed by atoms with Gasteiger partial charge in [-0.15, -0.1) is 10.2 Å². The van der Waals surface area contributed by atoms with Gasteiger partial charge in [-0.2, -0.15) is 0 Å². The van der Waals surface area contributed by atoms with Crippen molar-refractivity contribution in [3.63, 3.8) is 0 Å². The number of aromatic nitrogens is 6. The van der Waals surface area contributed by atoms with Gasteiger partial charge in [-0.25, -0.2) is 9.97 Å². The van der Waals surface area contributed by atoms with Gasteiger partial charge in [-0.05, 0) is 61.3 Å². The fourth-order valence-corrected chi connectivity index (χ4v) is 6.27. The monoisotopic (exact) mass is 578 g/mol. The number of nitrogens with zero attached hydrogens (tertiary/aromatic N) is 7. The highest BCUT2D eigenvalue weighted by Gasteiger charge is 2.23. The summed E-state index contributed by atoms with van der Waals surface area (Å²) in [7, 11) is 0. The second kappa shape index (κ2) is 10.7. The van der Waals surface area contributed by atoms with Gasteiger partial charge in [0.2, 0.25) is 5.91 Å². The molecule has 1 fully saturated rings. The molecule has 0 aliphatic carbocycles. The molecule has 1 aliphatic heterocycles. The first kappa shape index (κ1) is 26.2. The summed E-state index contributed by atoms with van der Waals surface area (Å²) in [5.74, 6) is 0.508. The van der Waals surface area contributed by atoms with Crippen LogP contribution in [-0.4, -0.2) is 52.9 Å². The van der Waals surface area contributed by atoms with Gasteiger partial charge in [0.05, 0.1) is 11.2 Å². The molecule has 9 nitrogen and oxygen atoms in total. The van der Waals surface area contributed by atoms with E-state index in [0.717, 1.165) is 82.8 Å². The zero-order chi connectivity index (χ0) is 29.6. The number of primary amides is 1. The Hall–Kier alpha value is -5.41. The molecule has 5 aromatic heterocycles. The second-order valence-electron chi connectivity index (χ2n) is 11.5. The normalized spacial score (nSPS) is 14.5. The number of likely N-dealkylation sites (tertiary alicyclic amines) is 1. The predicted molar refractivity (Wildman–Crippen MR) is 171 cm³/mol. The van der Waals surface area contributed by atoms with Crippen molar-refractivity contribution in [2.75, 3.05) is 13.1 Å². The lowest BCUT2D eigenvalue weighted by molar-refractivity contribution is -0.123.